The number of rotatable bonds is 4. The lowest BCUT2D eigenvalue weighted by Gasteiger charge is -2.16. The molecule has 3 rings (SSSR count). The molecule has 4 nitrogen and oxygen atoms in total. The molecule has 0 saturated carbocycles. The van der Waals surface area contributed by atoms with Crippen LogP contribution >= 0.6 is 11.6 Å². The minimum Gasteiger partial charge on any atom is -0.268 e. The average Bonchev–Trinajstić information content (AvgIpc) is 2.99. The lowest BCUT2D eigenvalue weighted by atomic mass is 10.00. The molecule has 1 fully saturated rings. The average molecular weight is 388 g/mol. The van der Waals surface area contributed by atoms with Gasteiger partial charge in [-0.2, -0.15) is 0 Å². The molecular weight excluding hydrogens is 370 g/mol. The van der Waals surface area contributed by atoms with E-state index in [4.69, 9.17) is 11.6 Å². The molecule has 1 amide bonds. The van der Waals surface area contributed by atoms with Crippen LogP contribution in [0.1, 0.15) is 11.1 Å². The van der Waals surface area contributed by atoms with Crippen LogP contribution in [-0.4, -0.2) is 25.2 Å². The van der Waals surface area contributed by atoms with Crippen LogP contribution in [0.25, 0.3) is 5.03 Å². The van der Waals surface area contributed by atoms with Gasteiger partial charge in [0.15, 0.2) is 0 Å². The first-order valence-corrected chi connectivity index (χ1v) is 9.89. The Hall–Kier alpha value is -2.37. The fraction of sp³-hybridized carbons (Fsp3) is 0.150. The second-order valence-corrected chi connectivity index (χ2v) is 8.33. The van der Waals surface area contributed by atoms with Crippen LogP contribution in [0.5, 0.6) is 0 Å². The van der Waals surface area contributed by atoms with E-state index in [1.165, 1.54) is 12.1 Å². The maximum atomic E-state index is 12.9. The highest BCUT2D eigenvalue weighted by molar-refractivity contribution is 7.89. The number of benzene rings is 2. The minimum absolute atomic E-state index is 0.00305. The predicted molar refractivity (Wildman–Crippen MR) is 103 cm³/mol. The maximum absolute atomic E-state index is 12.9. The zero-order valence-electron chi connectivity index (χ0n) is 14.2. The Morgan fingerprint density at radius 3 is 2.35 bits per heavy atom. The summed E-state index contributed by atoms with van der Waals surface area (Å²) < 4.78 is 26.7. The van der Waals surface area contributed by atoms with Crippen molar-refractivity contribution in [2.24, 2.45) is 5.92 Å². The van der Waals surface area contributed by atoms with Gasteiger partial charge in [0.25, 0.3) is 15.9 Å². The highest BCUT2D eigenvalue weighted by Crippen LogP contribution is 2.37. The first-order chi connectivity index (χ1) is 12.4. The van der Waals surface area contributed by atoms with E-state index < -0.39 is 21.8 Å². The summed E-state index contributed by atoms with van der Waals surface area (Å²) in [7, 11) is -3.95. The Morgan fingerprint density at radius 1 is 1.15 bits per heavy atom. The van der Waals surface area contributed by atoms with E-state index in [0.29, 0.717) is 5.56 Å². The molecule has 1 atom stereocenters. The van der Waals surface area contributed by atoms with Crippen molar-refractivity contribution in [1.29, 1.82) is 0 Å². The molecule has 1 aliphatic heterocycles. The summed E-state index contributed by atoms with van der Waals surface area (Å²) >= 11 is 6.45. The fourth-order valence-electron chi connectivity index (χ4n) is 2.88. The molecule has 2 aromatic rings. The molecule has 0 N–H and O–H groups in total. The SMILES string of the molecule is C=CC1CN(S(=O)(=O)c2ccc(C)cc2)C(=O)/C1=C(\Cl)c1ccccc1. The number of carbonyl (C=O) groups is 1. The molecule has 1 saturated heterocycles. The molecule has 1 unspecified atom stereocenters. The van der Waals surface area contributed by atoms with Crippen molar-refractivity contribution in [3.63, 3.8) is 0 Å². The second-order valence-electron chi connectivity index (χ2n) is 6.09. The summed E-state index contributed by atoms with van der Waals surface area (Å²) in [5.41, 5.74) is 1.86. The quantitative estimate of drug-likeness (QED) is 0.589. The third-order valence-electron chi connectivity index (χ3n) is 4.35. The topological polar surface area (TPSA) is 54.5 Å². The lowest BCUT2D eigenvalue weighted by molar-refractivity contribution is -0.120. The second kappa shape index (κ2) is 7.09. The smallest absolute Gasteiger partial charge is 0.266 e. The van der Waals surface area contributed by atoms with Crippen LogP contribution in [0.2, 0.25) is 0 Å². The van der Waals surface area contributed by atoms with E-state index >= 15 is 0 Å². The zero-order valence-corrected chi connectivity index (χ0v) is 15.8. The van der Waals surface area contributed by atoms with Crippen molar-refractivity contribution in [3.8, 4) is 0 Å². The number of amides is 1. The first-order valence-electron chi connectivity index (χ1n) is 8.07. The molecule has 0 spiro atoms. The molecule has 1 heterocycles. The first kappa shape index (κ1) is 18.4. The third-order valence-corrected chi connectivity index (χ3v) is 6.53. The Morgan fingerprint density at radius 2 is 1.77 bits per heavy atom. The number of sulfonamides is 1. The van der Waals surface area contributed by atoms with Gasteiger partial charge in [-0.3, -0.25) is 4.79 Å². The van der Waals surface area contributed by atoms with Gasteiger partial charge in [-0.25, -0.2) is 12.7 Å². The van der Waals surface area contributed by atoms with Crippen LogP contribution in [-0.2, 0) is 14.8 Å². The molecule has 134 valence electrons. The zero-order chi connectivity index (χ0) is 18.9. The summed E-state index contributed by atoms with van der Waals surface area (Å²) in [6, 6.07) is 15.4. The molecule has 0 radical (unpaired) electrons. The highest BCUT2D eigenvalue weighted by Gasteiger charge is 2.42. The minimum atomic E-state index is -3.95. The summed E-state index contributed by atoms with van der Waals surface area (Å²) in [6.07, 6.45) is 1.56. The summed E-state index contributed by atoms with van der Waals surface area (Å²) in [4.78, 5) is 13.0. The number of aryl methyl sites for hydroxylation is 1. The van der Waals surface area contributed by atoms with Gasteiger partial charge in [0.05, 0.1) is 9.93 Å². The van der Waals surface area contributed by atoms with Gasteiger partial charge in [0.1, 0.15) is 0 Å². The van der Waals surface area contributed by atoms with Crippen LogP contribution in [0.4, 0.5) is 0 Å². The van der Waals surface area contributed by atoms with Crippen molar-refractivity contribution in [1.82, 2.24) is 4.31 Å². The van der Waals surface area contributed by atoms with Crippen LogP contribution < -0.4 is 0 Å². The van der Waals surface area contributed by atoms with Crippen molar-refractivity contribution in [3.05, 3.63) is 84.0 Å². The van der Waals surface area contributed by atoms with Gasteiger partial charge in [-0.05, 0) is 24.6 Å². The summed E-state index contributed by atoms with van der Waals surface area (Å²) in [5.74, 6) is -1.07. The summed E-state index contributed by atoms with van der Waals surface area (Å²) in [5, 5.41) is 0.252. The largest absolute Gasteiger partial charge is 0.268 e. The molecule has 0 aliphatic carbocycles. The van der Waals surface area contributed by atoms with Crippen molar-refractivity contribution >= 4 is 32.6 Å². The van der Waals surface area contributed by atoms with Gasteiger partial charge in [0, 0.05) is 18.0 Å². The van der Waals surface area contributed by atoms with Crippen LogP contribution in [0, 0.1) is 12.8 Å². The van der Waals surface area contributed by atoms with E-state index in [0.717, 1.165) is 9.87 Å². The molecule has 1 aliphatic rings. The van der Waals surface area contributed by atoms with E-state index in [2.05, 4.69) is 6.58 Å². The molecule has 0 bridgehead atoms. The Balaban J connectivity index is 2.06. The molecular formula is C20H18ClNO3S. The maximum Gasteiger partial charge on any atom is 0.266 e. The lowest BCUT2D eigenvalue weighted by Crippen LogP contribution is -2.32. The van der Waals surface area contributed by atoms with E-state index in [-0.39, 0.29) is 22.0 Å². The van der Waals surface area contributed by atoms with Gasteiger partial charge in [-0.1, -0.05) is 65.7 Å². The highest BCUT2D eigenvalue weighted by atomic mass is 35.5. The Labute approximate surface area is 158 Å². The van der Waals surface area contributed by atoms with Crippen molar-refractivity contribution in [2.75, 3.05) is 6.54 Å². The number of carbonyl (C=O) groups excluding carboxylic acids is 1. The Bertz CT molecular complexity index is 979. The number of halogens is 1. The van der Waals surface area contributed by atoms with E-state index in [1.807, 2.05) is 13.0 Å². The number of nitrogens with zero attached hydrogens (tertiary/aromatic N) is 1. The van der Waals surface area contributed by atoms with Gasteiger partial charge >= 0.3 is 0 Å². The van der Waals surface area contributed by atoms with Gasteiger partial charge in [0.2, 0.25) is 0 Å². The van der Waals surface area contributed by atoms with Gasteiger partial charge < -0.3 is 0 Å². The monoisotopic (exact) mass is 387 g/mol. The fourth-order valence-corrected chi connectivity index (χ4v) is 4.63. The standard InChI is InChI=1S/C20H18ClNO3S/c1-3-15-13-22(26(24,25)17-11-9-14(2)10-12-17)20(23)18(15)19(21)16-7-5-4-6-8-16/h3-12,15H,1,13H2,2H3/b19-18-. The van der Waals surface area contributed by atoms with E-state index in [9.17, 15) is 13.2 Å². The third kappa shape index (κ3) is 3.20. The molecule has 2 aromatic carbocycles. The Kier molecular flexibility index (Phi) is 5.03. The van der Waals surface area contributed by atoms with Crippen molar-refractivity contribution < 1.29 is 13.2 Å². The van der Waals surface area contributed by atoms with E-state index in [1.54, 1.807) is 42.5 Å². The summed E-state index contributed by atoms with van der Waals surface area (Å²) in [6.45, 7) is 5.60. The molecule has 0 aromatic heterocycles. The van der Waals surface area contributed by atoms with Gasteiger partial charge in [-0.15, -0.1) is 6.58 Å². The molecule has 6 heteroatoms. The van der Waals surface area contributed by atoms with Crippen LogP contribution in [0.3, 0.4) is 0 Å². The predicted octanol–water partition coefficient (Wildman–Crippen LogP) is 3.98. The normalized spacial score (nSPS) is 19.5. The number of hydrogen-bond acceptors (Lipinski definition) is 3. The number of hydrogen-bond donors (Lipinski definition) is 0. The van der Waals surface area contributed by atoms with Crippen molar-refractivity contribution in [2.45, 2.75) is 11.8 Å². The van der Waals surface area contributed by atoms with Crippen LogP contribution in [0.15, 0.2) is 77.7 Å². The molecule has 26 heavy (non-hydrogen) atoms.